The van der Waals surface area contributed by atoms with Crippen LogP contribution >= 0.6 is 0 Å². The van der Waals surface area contributed by atoms with Gasteiger partial charge in [-0.1, -0.05) is 80.9 Å². The molecule has 0 unspecified atom stereocenters. The van der Waals surface area contributed by atoms with Crippen LogP contribution in [-0.4, -0.2) is 19.3 Å². The van der Waals surface area contributed by atoms with Gasteiger partial charge in [0.15, 0.2) is 0 Å². The van der Waals surface area contributed by atoms with Gasteiger partial charge < -0.3 is 4.74 Å². The van der Waals surface area contributed by atoms with E-state index in [0.29, 0.717) is 0 Å². The highest BCUT2D eigenvalue weighted by atomic mass is 16.5. The molecule has 0 fully saturated rings. The number of nitrogens with zero attached hydrogens (tertiary/aromatic N) is 4. The number of para-hydroxylation sites is 2. The van der Waals surface area contributed by atoms with Crippen molar-refractivity contribution in [3.63, 3.8) is 0 Å². The fraction of sp³-hybridized carbons (Fsp3) is 0.163. The van der Waals surface area contributed by atoms with E-state index in [1.807, 2.05) is 23.0 Å². The largest absolute Gasteiger partial charge is 0.457 e. The summed E-state index contributed by atoms with van der Waals surface area (Å²) in [6.07, 6.45) is 1.91. The zero-order chi connectivity index (χ0) is 33.2. The average Bonchev–Trinajstić information content (AvgIpc) is 3.60. The molecule has 0 N–H and O–H groups in total. The zero-order valence-corrected chi connectivity index (χ0v) is 28.2. The fourth-order valence-electron chi connectivity index (χ4n) is 7.08. The molecule has 0 aliphatic rings. The van der Waals surface area contributed by atoms with Crippen LogP contribution in [0.3, 0.4) is 0 Å². The maximum absolute atomic E-state index is 6.59. The summed E-state index contributed by atoms with van der Waals surface area (Å²) >= 11 is 0. The Morgan fingerprint density at radius 2 is 1.29 bits per heavy atom. The Labute approximate surface area is 281 Å². The molecule has 48 heavy (non-hydrogen) atoms. The molecule has 3 aromatic heterocycles. The van der Waals surface area contributed by atoms with Crippen molar-refractivity contribution in [3.05, 3.63) is 144 Å². The Balaban J connectivity index is 1.22. The topological polar surface area (TPSA) is 44.9 Å². The van der Waals surface area contributed by atoms with Crippen LogP contribution in [0.1, 0.15) is 43.0 Å². The highest BCUT2D eigenvalue weighted by Gasteiger charge is 2.20. The molecule has 0 saturated carbocycles. The van der Waals surface area contributed by atoms with E-state index in [-0.39, 0.29) is 5.41 Å². The Morgan fingerprint density at radius 1 is 0.604 bits per heavy atom. The molecule has 0 amide bonds. The highest BCUT2D eigenvalue weighted by molar-refractivity contribution is 6.09. The van der Waals surface area contributed by atoms with Crippen LogP contribution in [-0.2, 0) is 5.41 Å². The van der Waals surface area contributed by atoms with Gasteiger partial charge in [-0.25, -0.2) is 9.67 Å². The Morgan fingerprint density at radius 3 is 2.06 bits per heavy atom. The Bertz CT molecular complexity index is 2490. The first-order valence-corrected chi connectivity index (χ1v) is 16.5. The SMILES string of the molecule is Cc1cc(C)c(-c2nn(-c3cccc(Oc4ccc5c6ccccc6n(-c6cc(C(C)(C)C)ccn6)c5c4)c3)c3ccccc23)c(C)c1. The third-order valence-electron chi connectivity index (χ3n) is 9.28. The van der Waals surface area contributed by atoms with Gasteiger partial charge in [-0.05, 0) is 91.4 Å². The second kappa shape index (κ2) is 11.2. The monoisotopic (exact) mass is 626 g/mol. The van der Waals surface area contributed by atoms with E-state index in [1.165, 1.54) is 33.2 Å². The molecule has 0 bridgehead atoms. The van der Waals surface area contributed by atoms with Crippen molar-refractivity contribution in [2.24, 2.45) is 0 Å². The molecule has 0 aliphatic carbocycles. The predicted molar refractivity (Wildman–Crippen MR) is 198 cm³/mol. The normalized spacial score (nSPS) is 12.0. The molecule has 0 aliphatic heterocycles. The molecule has 5 heteroatoms. The zero-order valence-electron chi connectivity index (χ0n) is 28.2. The van der Waals surface area contributed by atoms with Crippen LogP contribution in [0.4, 0.5) is 0 Å². The highest BCUT2D eigenvalue weighted by Crippen LogP contribution is 2.37. The second-order valence-corrected chi connectivity index (χ2v) is 13.8. The van der Waals surface area contributed by atoms with E-state index in [9.17, 15) is 0 Å². The lowest BCUT2D eigenvalue weighted by molar-refractivity contribution is 0.483. The molecule has 0 spiro atoms. The maximum Gasteiger partial charge on any atom is 0.137 e. The van der Waals surface area contributed by atoms with Gasteiger partial charge >= 0.3 is 0 Å². The van der Waals surface area contributed by atoms with E-state index in [2.05, 4.69) is 149 Å². The number of hydrogen-bond donors (Lipinski definition) is 0. The first-order valence-electron chi connectivity index (χ1n) is 16.5. The van der Waals surface area contributed by atoms with E-state index >= 15 is 0 Å². The lowest BCUT2D eigenvalue weighted by atomic mass is 9.88. The van der Waals surface area contributed by atoms with Gasteiger partial charge in [0.05, 0.1) is 22.2 Å². The summed E-state index contributed by atoms with van der Waals surface area (Å²) in [5.41, 5.74) is 11.3. The van der Waals surface area contributed by atoms with Crippen LogP contribution in [0.2, 0.25) is 0 Å². The van der Waals surface area contributed by atoms with Crippen molar-refractivity contribution >= 4 is 32.7 Å². The summed E-state index contributed by atoms with van der Waals surface area (Å²) in [6.45, 7) is 13.2. The Kier molecular flexibility index (Phi) is 6.95. The van der Waals surface area contributed by atoms with Gasteiger partial charge in [0.25, 0.3) is 0 Å². The number of ether oxygens (including phenoxy) is 1. The number of benzene rings is 5. The maximum atomic E-state index is 6.59. The summed E-state index contributed by atoms with van der Waals surface area (Å²) < 4.78 is 10.9. The first-order chi connectivity index (χ1) is 23.2. The molecule has 8 rings (SSSR count). The van der Waals surface area contributed by atoms with Crippen molar-refractivity contribution in [2.75, 3.05) is 0 Å². The van der Waals surface area contributed by atoms with Gasteiger partial charge in [-0.2, -0.15) is 5.10 Å². The predicted octanol–water partition coefficient (Wildman–Crippen LogP) is 11.2. The summed E-state index contributed by atoms with van der Waals surface area (Å²) in [6, 6.07) is 40.2. The molecule has 3 heterocycles. The summed E-state index contributed by atoms with van der Waals surface area (Å²) in [5.74, 6) is 2.40. The molecular formula is C43H38N4O. The molecule has 8 aromatic rings. The van der Waals surface area contributed by atoms with Crippen molar-refractivity contribution in [1.82, 2.24) is 19.3 Å². The number of aryl methyl sites for hydroxylation is 3. The van der Waals surface area contributed by atoms with Crippen LogP contribution in [0, 0.1) is 20.8 Å². The third kappa shape index (κ3) is 5.03. The van der Waals surface area contributed by atoms with Crippen molar-refractivity contribution in [3.8, 4) is 34.3 Å². The second-order valence-electron chi connectivity index (χ2n) is 13.8. The van der Waals surface area contributed by atoms with Crippen LogP contribution < -0.4 is 4.74 Å². The average molecular weight is 627 g/mol. The van der Waals surface area contributed by atoms with Crippen LogP contribution in [0.5, 0.6) is 11.5 Å². The molecule has 236 valence electrons. The molecule has 0 atom stereocenters. The summed E-state index contributed by atoms with van der Waals surface area (Å²) in [5, 5.41) is 8.68. The number of rotatable bonds is 5. The number of aromatic nitrogens is 4. The Hall–Kier alpha value is -5.68. The summed E-state index contributed by atoms with van der Waals surface area (Å²) in [7, 11) is 0. The molecule has 5 aromatic carbocycles. The van der Waals surface area contributed by atoms with Gasteiger partial charge in [0, 0.05) is 40.1 Å². The van der Waals surface area contributed by atoms with Crippen LogP contribution in [0.15, 0.2) is 121 Å². The van der Waals surface area contributed by atoms with Crippen molar-refractivity contribution in [2.45, 2.75) is 47.0 Å². The molecular weight excluding hydrogens is 589 g/mol. The molecule has 5 nitrogen and oxygen atoms in total. The van der Waals surface area contributed by atoms with Crippen molar-refractivity contribution < 1.29 is 4.74 Å². The molecule has 0 saturated heterocycles. The lowest BCUT2D eigenvalue weighted by Crippen LogP contribution is -2.12. The summed E-state index contributed by atoms with van der Waals surface area (Å²) in [4.78, 5) is 4.83. The van der Waals surface area contributed by atoms with Gasteiger partial charge in [-0.15, -0.1) is 0 Å². The quantitative estimate of drug-likeness (QED) is 0.191. The number of hydrogen-bond acceptors (Lipinski definition) is 3. The van der Waals surface area contributed by atoms with Gasteiger partial charge in [-0.3, -0.25) is 4.57 Å². The smallest absolute Gasteiger partial charge is 0.137 e. The van der Waals surface area contributed by atoms with E-state index in [4.69, 9.17) is 14.8 Å². The van der Waals surface area contributed by atoms with Crippen LogP contribution in [0.25, 0.3) is 55.5 Å². The molecule has 0 radical (unpaired) electrons. The minimum atomic E-state index is 0.00813. The number of fused-ring (bicyclic) bond motifs is 4. The minimum Gasteiger partial charge on any atom is -0.457 e. The third-order valence-corrected chi connectivity index (χ3v) is 9.28. The van der Waals surface area contributed by atoms with Gasteiger partial charge in [0.2, 0.25) is 0 Å². The standard InChI is InChI=1S/C43H38N4O/c1-27-22-28(2)41(29(3)23-27)42-36-15-8-10-17-38(36)47(45-42)31-12-11-13-32(25-31)48-33-18-19-35-34-14-7-9-16-37(34)46(39(35)26-33)40-24-30(20-21-44-40)43(4,5)6/h7-26H,1-6H3. The number of pyridine rings is 1. The minimum absolute atomic E-state index is 0.00813. The fourth-order valence-corrected chi connectivity index (χ4v) is 7.08. The van der Waals surface area contributed by atoms with Gasteiger partial charge in [0.1, 0.15) is 23.0 Å². The van der Waals surface area contributed by atoms with E-state index in [1.54, 1.807) is 0 Å². The lowest BCUT2D eigenvalue weighted by Gasteiger charge is -2.20. The van der Waals surface area contributed by atoms with E-state index < -0.39 is 0 Å². The first kappa shape index (κ1) is 29.7. The van der Waals surface area contributed by atoms with Crippen molar-refractivity contribution in [1.29, 1.82) is 0 Å². The van der Waals surface area contributed by atoms with E-state index in [0.717, 1.165) is 56.0 Å².